The molecule has 19 heavy (non-hydrogen) atoms. The Morgan fingerprint density at radius 2 is 2.16 bits per heavy atom. The second kappa shape index (κ2) is 6.50. The van der Waals surface area contributed by atoms with Gasteiger partial charge in [-0.05, 0) is 47.3 Å². The van der Waals surface area contributed by atoms with Crippen molar-refractivity contribution in [2.24, 2.45) is 0 Å². The van der Waals surface area contributed by atoms with E-state index < -0.39 is 0 Å². The standard InChI is InChI=1S/C14H19BrN2O2/c1-19-14(7-4-8-14)10-16-9-13(18)17-12-6-3-2-5-11(12)15/h2-3,5-6,16H,4,7-10H2,1H3,(H,17,18). The summed E-state index contributed by atoms with van der Waals surface area (Å²) < 4.78 is 6.38. The number of methoxy groups -OCH3 is 1. The molecule has 0 atom stereocenters. The van der Waals surface area contributed by atoms with Crippen LogP contribution in [-0.4, -0.2) is 31.7 Å². The van der Waals surface area contributed by atoms with Crippen LogP contribution in [0.1, 0.15) is 19.3 Å². The summed E-state index contributed by atoms with van der Waals surface area (Å²) in [6, 6.07) is 7.57. The number of halogens is 1. The summed E-state index contributed by atoms with van der Waals surface area (Å²) in [7, 11) is 1.74. The van der Waals surface area contributed by atoms with Crippen LogP contribution in [0.4, 0.5) is 5.69 Å². The van der Waals surface area contributed by atoms with E-state index in [9.17, 15) is 4.79 Å². The monoisotopic (exact) mass is 326 g/mol. The summed E-state index contributed by atoms with van der Waals surface area (Å²) in [5, 5.41) is 6.03. The highest BCUT2D eigenvalue weighted by atomic mass is 79.9. The molecule has 1 aliphatic carbocycles. The first kappa shape index (κ1) is 14.5. The highest BCUT2D eigenvalue weighted by Crippen LogP contribution is 2.34. The van der Waals surface area contributed by atoms with Crippen LogP contribution >= 0.6 is 15.9 Å². The molecule has 1 fully saturated rings. The van der Waals surface area contributed by atoms with Gasteiger partial charge in [0, 0.05) is 18.1 Å². The van der Waals surface area contributed by atoms with Gasteiger partial charge in [-0.3, -0.25) is 4.79 Å². The Morgan fingerprint density at radius 3 is 2.74 bits per heavy atom. The molecular formula is C14H19BrN2O2. The summed E-state index contributed by atoms with van der Waals surface area (Å²) >= 11 is 3.40. The Kier molecular flexibility index (Phi) is 4.96. The average molecular weight is 327 g/mol. The van der Waals surface area contributed by atoms with Gasteiger partial charge in [0.25, 0.3) is 0 Å². The van der Waals surface area contributed by atoms with Crippen molar-refractivity contribution < 1.29 is 9.53 Å². The SMILES string of the molecule is COC1(CNCC(=O)Nc2ccccc2Br)CCC1. The fraction of sp³-hybridized carbons (Fsp3) is 0.500. The number of amides is 1. The number of hydrogen-bond acceptors (Lipinski definition) is 3. The number of carbonyl (C=O) groups excluding carboxylic acids is 1. The van der Waals surface area contributed by atoms with Crippen LogP contribution in [0.25, 0.3) is 0 Å². The lowest BCUT2D eigenvalue weighted by atomic mass is 9.80. The van der Waals surface area contributed by atoms with E-state index in [1.807, 2.05) is 24.3 Å². The predicted octanol–water partition coefficient (Wildman–Crippen LogP) is 2.55. The first-order chi connectivity index (χ1) is 9.15. The van der Waals surface area contributed by atoms with E-state index in [1.54, 1.807) is 7.11 Å². The van der Waals surface area contributed by atoms with Crippen LogP contribution in [-0.2, 0) is 9.53 Å². The third-order valence-corrected chi connectivity index (χ3v) is 4.27. The summed E-state index contributed by atoms with van der Waals surface area (Å²) in [5.41, 5.74) is 0.743. The van der Waals surface area contributed by atoms with Gasteiger partial charge >= 0.3 is 0 Å². The van der Waals surface area contributed by atoms with Crippen LogP contribution in [0.3, 0.4) is 0 Å². The van der Waals surface area contributed by atoms with E-state index in [1.165, 1.54) is 6.42 Å². The fourth-order valence-corrected chi connectivity index (χ4v) is 2.57. The molecule has 2 rings (SSSR count). The molecule has 0 spiro atoms. The van der Waals surface area contributed by atoms with Gasteiger partial charge < -0.3 is 15.4 Å². The van der Waals surface area contributed by atoms with Crippen molar-refractivity contribution in [3.63, 3.8) is 0 Å². The molecule has 0 unspecified atom stereocenters. The zero-order chi connectivity index (χ0) is 13.7. The third-order valence-electron chi connectivity index (χ3n) is 3.58. The maximum Gasteiger partial charge on any atom is 0.238 e. The second-order valence-electron chi connectivity index (χ2n) is 4.87. The smallest absolute Gasteiger partial charge is 0.238 e. The number of carbonyl (C=O) groups is 1. The third kappa shape index (κ3) is 3.78. The lowest BCUT2D eigenvalue weighted by Gasteiger charge is -2.40. The average Bonchev–Trinajstić information content (AvgIpc) is 2.35. The van der Waals surface area contributed by atoms with Crippen molar-refractivity contribution in [2.45, 2.75) is 24.9 Å². The van der Waals surface area contributed by atoms with E-state index in [0.717, 1.165) is 29.5 Å². The molecule has 104 valence electrons. The Labute approximate surface area is 122 Å². The van der Waals surface area contributed by atoms with E-state index in [4.69, 9.17) is 4.74 Å². The number of rotatable bonds is 6. The quantitative estimate of drug-likeness (QED) is 0.844. The topological polar surface area (TPSA) is 50.4 Å². The van der Waals surface area contributed by atoms with Crippen LogP contribution in [0.5, 0.6) is 0 Å². The minimum absolute atomic E-state index is 0.0440. The lowest BCUT2D eigenvalue weighted by molar-refractivity contribution is -0.116. The summed E-state index contributed by atoms with van der Waals surface area (Å²) in [6.07, 6.45) is 3.35. The Bertz CT molecular complexity index is 441. The van der Waals surface area contributed by atoms with Gasteiger partial charge in [-0.2, -0.15) is 0 Å². The molecule has 0 aliphatic heterocycles. The molecule has 0 aromatic heterocycles. The Balaban J connectivity index is 1.75. The van der Waals surface area contributed by atoms with Crippen molar-refractivity contribution in [2.75, 3.05) is 25.5 Å². The van der Waals surface area contributed by atoms with Gasteiger partial charge in [-0.25, -0.2) is 0 Å². The highest BCUT2D eigenvalue weighted by molar-refractivity contribution is 9.10. The number of para-hydroxylation sites is 1. The minimum Gasteiger partial charge on any atom is -0.377 e. The van der Waals surface area contributed by atoms with Gasteiger partial charge in [0.05, 0.1) is 17.8 Å². The zero-order valence-corrected chi connectivity index (χ0v) is 12.6. The molecule has 5 heteroatoms. The largest absolute Gasteiger partial charge is 0.377 e. The van der Waals surface area contributed by atoms with Gasteiger partial charge in [0.1, 0.15) is 0 Å². The molecule has 0 bridgehead atoms. The highest BCUT2D eigenvalue weighted by Gasteiger charge is 2.36. The van der Waals surface area contributed by atoms with Gasteiger partial charge in [-0.15, -0.1) is 0 Å². The van der Waals surface area contributed by atoms with Crippen molar-refractivity contribution in [1.82, 2.24) is 5.32 Å². The number of anilines is 1. The molecule has 0 heterocycles. The zero-order valence-electron chi connectivity index (χ0n) is 11.0. The van der Waals surface area contributed by atoms with Crippen molar-refractivity contribution in [3.8, 4) is 0 Å². The van der Waals surface area contributed by atoms with Crippen LogP contribution in [0, 0.1) is 0 Å². The maximum atomic E-state index is 11.8. The van der Waals surface area contributed by atoms with Gasteiger partial charge in [-0.1, -0.05) is 12.1 Å². The Hall–Kier alpha value is -0.910. The van der Waals surface area contributed by atoms with E-state index >= 15 is 0 Å². The molecular weight excluding hydrogens is 308 g/mol. The number of hydrogen-bond donors (Lipinski definition) is 2. The second-order valence-corrected chi connectivity index (χ2v) is 5.73. The summed E-state index contributed by atoms with van der Waals surface area (Å²) in [6.45, 7) is 1.03. The fourth-order valence-electron chi connectivity index (χ4n) is 2.19. The lowest BCUT2D eigenvalue weighted by Crippen LogP contribution is -2.49. The van der Waals surface area contributed by atoms with Crippen molar-refractivity contribution >= 4 is 27.5 Å². The molecule has 2 N–H and O–H groups in total. The van der Waals surface area contributed by atoms with Crippen molar-refractivity contribution in [1.29, 1.82) is 0 Å². The molecule has 4 nitrogen and oxygen atoms in total. The maximum absolute atomic E-state index is 11.8. The molecule has 1 saturated carbocycles. The van der Waals surface area contributed by atoms with E-state index in [2.05, 4.69) is 26.6 Å². The first-order valence-electron chi connectivity index (χ1n) is 6.45. The number of nitrogens with one attached hydrogen (secondary N) is 2. The van der Waals surface area contributed by atoms with E-state index in [-0.39, 0.29) is 11.5 Å². The molecule has 1 aliphatic rings. The van der Waals surface area contributed by atoms with Crippen molar-refractivity contribution in [3.05, 3.63) is 28.7 Å². The first-order valence-corrected chi connectivity index (χ1v) is 7.25. The Morgan fingerprint density at radius 1 is 1.42 bits per heavy atom. The number of benzene rings is 1. The normalized spacial score (nSPS) is 16.7. The predicted molar refractivity (Wildman–Crippen MR) is 79.2 cm³/mol. The molecule has 0 radical (unpaired) electrons. The van der Waals surface area contributed by atoms with Crippen LogP contribution in [0.2, 0.25) is 0 Å². The molecule has 1 amide bonds. The molecule has 1 aromatic carbocycles. The van der Waals surface area contributed by atoms with Crippen LogP contribution < -0.4 is 10.6 Å². The van der Waals surface area contributed by atoms with Gasteiger partial charge in [0.15, 0.2) is 0 Å². The summed E-state index contributed by atoms with van der Waals surface area (Å²) in [4.78, 5) is 11.8. The van der Waals surface area contributed by atoms with Crippen LogP contribution in [0.15, 0.2) is 28.7 Å². The van der Waals surface area contributed by atoms with Gasteiger partial charge in [0.2, 0.25) is 5.91 Å². The molecule has 1 aromatic rings. The molecule has 0 saturated heterocycles. The summed E-state index contributed by atoms with van der Waals surface area (Å²) in [5.74, 6) is -0.0440. The number of ether oxygens (including phenoxy) is 1. The van der Waals surface area contributed by atoms with E-state index in [0.29, 0.717) is 6.54 Å². The minimum atomic E-state index is -0.0480.